The molecule has 0 aliphatic carbocycles. The van der Waals surface area contributed by atoms with Gasteiger partial charge in [-0.1, -0.05) is 29.8 Å². The van der Waals surface area contributed by atoms with E-state index in [4.69, 9.17) is 0 Å². The Hall–Kier alpha value is -0.480. The molecule has 1 atom stereocenters. The maximum Gasteiger partial charge on any atom is 0.191 e. The van der Waals surface area contributed by atoms with Gasteiger partial charge in [-0.05, 0) is 18.9 Å². The van der Waals surface area contributed by atoms with Gasteiger partial charge in [0.15, 0.2) is 15.8 Å². The number of guanidine groups is 1. The third-order valence-electron chi connectivity index (χ3n) is 3.73. The Kier molecular flexibility index (Phi) is 9.43. The molecule has 24 heavy (non-hydrogen) atoms. The average Bonchev–Trinajstić information content (AvgIpc) is 2.86. The topological polar surface area (TPSA) is 70.6 Å². The molecule has 1 aromatic rings. The van der Waals surface area contributed by atoms with E-state index in [9.17, 15) is 8.42 Å². The second-order valence-corrected chi connectivity index (χ2v) is 9.12. The van der Waals surface area contributed by atoms with Crippen molar-refractivity contribution in [3.05, 3.63) is 35.4 Å². The standard InChI is InChI=1S/C16H25N3O2S2.HI/c1-13-3-5-14(6-4-13)11-22-9-8-18-16(17-2)19-15-7-10-23(20,21)12-15;/h3-6,15H,7-12H2,1-2H3,(H2,17,18,19);1H. The fraction of sp³-hybridized carbons (Fsp3) is 0.562. The zero-order chi connectivity index (χ0) is 16.7. The van der Waals surface area contributed by atoms with Gasteiger partial charge in [0.25, 0.3) is 0 Å². The Morgan fingerprint density at radius 2 is 2.04 bits per heavy atom. The van der Waals surface area contributed by atoms with E-state index >= 15 is 0 Å². The molecular formula is C16H26IN3O2S2. The quantitative estimate of drug-likeness (QED) is 0.281. The van der Waals surface area contributed by atoms with E-state index in [0.717, 1.165) is 18.1 Å². The Labute approximate surface area is 166 Å². The van der Waals surface area contributed by atoms with Crippen molar-refractivity contribution in [3.63, 3.8) is 0 Å². The molecule has 1 aliphatic heterocycles. The summed E-state index contributed by atoms with van der Waals surface area (Å²) in [6.45, 7) is 2.89. The molecule has 1 aliphatic rings. The lowest BCUT2D eigenvalue weighted by Crippen LogP contribution is -2.44. The van der Waals surface area contributed by atoms with Crippen LogP contribution >= 0.6 is 35.7 Å². The molecule has 0 aromatic heterocycles. The van der Waals surface area contributed by atoms with Gasteiger partial charge in [0.2, 0.25) is 0 Å². The van der Waals surface area contributed by atoms with Crippen molar-refractivity contribution in [1.82, 2.24) is 10.6 Å². The molecule has 1 aromatic carbocycles. The zero-order valence-electron chi connectivity index (χ0n) is 14.1. The van der Waals surface area contributed by atoms with Crippen LogP contribution in [-0.4, -0.2) is 51.3 Å². The number of hydrogen-bond donors (Lipinski definition) is 2. The van der Waals surface area contributed by atoms with Crippen LogP contribution < -0.4 is 10.6 Å². The van der Waals surface area contributed by atoms with Crippen LogP contribution in [0.5, 0.6) is 0 Å². The minimum Gasteiger partial charge on any atom is -0.356 e. The highest BCUT2D eigenvalue weighted by Gasteiger charge is 2.28. The van der Waals surface area contributed by atoms with Crippen molar-refractivity contribution in [1.29, 1.82) is 0 Å². The molecule has 8 heteroatoms. The number of nitrogens with zero attached hydrogens (tertiary/aromatic N) is 1. The van der Waals surface area contributed by atoms with Crippen LogP contribution in [0.3, 0.4) is 0 Å². The van der Waals surface area contributed by atoms with E-state index in [-0.39, 0.29) is 41.5 Å². The Balaban J connectivity index is 0.00000288. The van der Waals surface area contributed by atoms with E-state index in [1.54, 1.807) is 7.05 Å². The van der Waals surface area contributed by atoms with Crippen LogP contribution in [0.25, 0.3) is 0 Å². The summed E-state index contributed by atoms with van der Waals surface area (Å²) in [6, 6.07) is 8.57. The van der Waals surface area contributed by atoms with Crippen molar-refractivity contribution in [2.75, 3.05) is 30.9 Å². The number of benzene rings is 1. The minimum absolute atomic E-state index is 0. The summed E-state index contributed by atoms with van der Waals surface area (Å²) in [5, 5.41) is 6.43. The summed E-state index contributed by atoms with van der Waals surface area (Å²) in [6.07, 6.45) is 0.658. The van der Waals surface area contributed by atoms with E-state index < -0.39 is 9.84 Å². The molecule has 1 fully saturated rings. The van der Waals surface area contributed by atoms with Gasteiger partial charge in [0.05, 0.1) is 11.5 Å². The number of halogens is 1. The summed E-state index contributed by atoms with van der Waals surface area (Å²) in [7, 11) is -1.15. The van der Waals surface area contributed by atoms with Gasteiger partial charge >= 0.3 is 0 Å². The molecule has 2 rings (SSSR count). The number of aliphatic imine (C=N–C) groups is 1. The van der Waals surface area contributed by atoms with E-state index in [2.05, 4.69) is 46.8 Å². The van der Waals surface area contributed by atoms with Gasteiger partial charge < -0.3 is 10.6 Å². The molecule has 5 nitrogen and oxygen atoms in total. The maximum atomic E-state index is 11.5. The molecule has 136 valence electrons. The lowest BCUT2D eigenvalue weighted by Gasteiger charge is -2.15. The number of sulfone groups is 1. The number of aryl methyl sites for hydroxylation is 1. The summed E-state index contributed by atoms with van der Waals surface area (Å²) in [4.78, 5) is 4.16. The first kappa shape index (κ1) is 21.6. The largest absolute Gasteiger partial charge is 0.356 e. The average molecular weight is 483 g/mol. The highest BCUT2D eigenvalue weighted by Crippen LogP contribution is 2.13. The smallest absolute Gasteiger partial charge is 0.191 e. The molecule has 2 N–H and O–H groups in total. The summed E-state index contributed by atoms with van der Waals surface area (Å²) in [5.74, 6) is 3.12. The third kappa shape index (κ3) is 7.60. The first-order chi connectivity index (χ1) is 11.0. The van der Waals surface area contributed by atoms with Gasteiger partial charge in [-0.3, -0.25) is 4.99 Å². The van der Waals surface area contributed by atoms with Crippen LogP contribution in [-0.2, 0) is 15.6 Å². The first-order valence-corrected chi connectivity index (χ1v) is 10.8. The number of rotatable bonds is 6. The Morgan fingerprint density at radius 3 is 2.62 bits per heavy atom. The zero-order valence-corrected chi connectivity index (χ0v) is 18.1. The normalized spacial score (nSPS) is 19.6. The van der Waals surface area contributed by atoms with Crippen molar-refractivity contribution < 1.29 is 8.42 Å². The van der Waals surface area contributed by atoms with E-state index in [1.807, 2.05) is 11.8 Å². The van der Waals surface area contributed by atoms with Gasteiger partial charge in [-0.15, -0.1) is 24.0 Å². The molecular weight excluding hydrogens is 457 g/mol. The summed E-state index contributed by atoms with van der Waals surface area (Å²) in [5.41, 5.74) is 2.61. The third-order valence-corrected chi connectivity index (χ3v) is 6.52. The van der Waals surface area contributed by atoms with E-state index in [1.165, 1.54) is 11.1 Å². The predicted molar refractivity (Wildman–Crippen MR) is 114 cm³/mol. The molecule has 0 spiro atoms. The van der Waals surface area contributed by atoms with Crippen LogP contribution in [0.15, 0.2) is 29.3 Å². The maximum absolute atomic E-state index is 11.5. The lowest BCUT2D eigenvalue weighted by atomic mass is 10.2. The number of hydrogen-bond acceptors (Lipinski definition) is 4. The summed E-state index contributed by atoms with van der Waals surface area (Å²) < 4.78 is 22.9. The van der Waals surface area contributed by atoms with Gasteiger partial charge in [-0.25, -0.2) is 8.42 Å². The fourth-order valence-electron chi connectivity index (χ4n) is 2.41. The van der Waals surface area contributed by atoms with Crippen LogP contribution in [0.1, 0.15) is 17.5 Å². The number of nitrogens with one attached hydrogen (secondary N) is 2. The molecule has 0 radical (unpaired) electrons. The van der Waals surface area contributed by atoms with Crippen molar-refractivity contribution >= 4 is 51.5 Å². The monoisotopic (exact) mass is 483 g/mol. The molecule has 1 unspecified atom stereocenters. The molecule has 0 saturated carbocycles. The fourth-order valence-corrected chi connectivity index (χ4v) is 4.90. The molecule has 1 heterocycles. The SMILES string of the molecule is CN=C(NCCSCc1ccc(C)cc1)NC1CCS(=O)(=O)C1.I. The first-order valence-electron chi connectivity index (χ1n) is 7.79. The highest BCUT2D eigenvalue weighted by molar-refractivity contribution is 14.0. The lowest BCUT2D eigenvalue weighted by molar-refractivity contribution is 0.599. The molecule has 1 saturated heterocycles. The minimum atomic E-state index is -2.86. The van der Waals surface area contributed by atoms with Crippen molar-refractivity contribution in [2.24, 2.45) is 4.99 Å². The second kappa shape index (κ2) is 10.5. The van der Waals surface area contributed by atoms with Crippen LogP contribution in [0.2, 0.25) is 0 Å². The van der Waals surface area contributed by atoms with Gasteiger partial charge in [0.1, 0.15) is 0 Å². The van der Waals surface area contributed by atoms with Crippen molar-refractivity contribution in [2.45, 2.75) is 25.1 Å². The number of thioether (sulfide) groups is 1. The highest BCUT2D eigenvalue weighted by atomic mass is 127. The second-order valence-electron chi connectivity index (χ2n) is 5.78. The van der Waals surface area contributed by atoms with E-state index in [0.29, 0.717) is 12.4 Å². The van der Waals surface area contributed by atoms with Crippen LogP contribution in [0, 0.1) is 6.92 Å². The van der Waals surface area contributed by atoms with Crippen LogP contribution in [0.4, 0.5) is 0 Å². The predicted octanol–water partition coefficient (Wildman–Crippen LogP) is 2.20. The van der Waals surface area contributed by atoms with Gasteiger partial charge in [-0.2, -0.15) is 11.8 Å². The summed E-state index contributed by atoms with van der Waals surface area (Å²) >= 11 is 1.87. The van der Waals surface area contributed by atoms with Gasteiger partial charge in [0, 0.05) is 31.1 Å². The Morgan fingerprint density at radius 1 is 1.33 bits per heavy atom. The molecule has 0 amide bonds. The van der Waals surface area contributed by atoms with Crippen molar-refractivity contribution in [3.8, 4) is 0 Å². The Bertz CT molecular complexity index is 633. The molecule has 0 bridgehead atoms.